The van der Waals surface area contributed by atoms with E-state index in [1.54, 1.807) is 0 Å². The maximum Gasteiger partial charge on any atom is 0.238 e. The molecule has 0 fully saturated rings. The minimum Gasteiger partial charge on any atom is -0.324 e. The molecule has 1 N–H and O–H groups in total. The third-order valence-corrected chi connectivity index (χ3v) is 4.09. The Morgan fingerprint density at radius 2 is 1.61 bits per heavy atom. The molecule has 0 bridgehead atoms. The van der Waals surface area contributed by atoms with E-state index < -0.39 is 0 Å². The number of carbonyl (C=O) groups excluding carboxylic acids is 1. The number of hydrogen-bond acceptors (Lipinski definition) is 2. The maximum absolute atomic E-state index is 12.4. The van der Waals surface area contributed by atoms with E-state index in [0.29, 0.717) is 6.54 Å². The number of benzene rings is 2. The van der Waals surface area contributed by atoms with E-state index in [1.807, 2.05) is 24.3 Å². The summed E-state index contributed by atoms with van der Waals surface area (Å²) in [7, 11) is 0. The van der Waals surface area contributed by atoms with Crippen LogP contribution in [0.25, 0.3) is 10.8 Å². The van der Waals surface area contributed by atoms with Crippen molar-refractivity contribution in [1.82, 2.24) is 4.90 Å². The normalized spacial score (nSPS) is 11.1. The fraction of sp³-hybridized carbons (Fsp3) is 0.450. The third kappa shape index (κ3) is 5.36. The smallest absolute Gasteiger partial charge is 0.238 e. The lowest BCUT2D eigenvalue weighted by molar-refractivity contribution is -0.117. The SMILES string of the molecule is CCCCN(CCCC)CC(=O)Nc1cccc2ccccc12. The topological polar surface area (TPSA) is 32.3 Å². The van der Waals surface area contributed by atoms with Crippen LogP contribution in [0.3, 0.4) is 0 Å². The molecule has 23 heavy (non-hydrogen) atoms. The number of fused-ring (bicyclic) bond motifs is 1. The Morgan fingerprint density at radius 1 is 0.957 bits per heavy atom. The highest BCUT2D eigenvalue weighted by Gasteiger charge is 2.11. The molecule has 0 heterocycles. The largest absolute Gasteiger partial charge is 0.324 e. The Morgan fingerprint density at radius 3 is 2.30 bits per heavy atom. The van der Waals surface area contributed by atoms with Crippen molar-refractivity contribution in [3.05, 3.63) is 42.5 Å². The van der Waals surface area contributed by atoms with Crippen LogP contribution in [0.2, 0.25) is 0 Å². The molecule has 0 unspecified atom stereocenters. The summed E-state index contributed by atoms with van der Waals surface area (Å²) in [6.45, 7) is 6.85. The second-order valence-corrected chi connectivity index (χ2v) is 6.06. The van der Waals surface area contributed by atoms with E-state index >= 15 is 0 Å². The number of anilines is 1. The summed E-state index contributed by atoms with van der Waals surface area (Å²) < 4.78 is 0. The Hall–Kier alpha value is -1.87. The summed E-state index contributed by atoms with van der Waals surface area (Å²) in [5.41, 5.74) is 0.902. The number of hydrogen-bond donors (Lipinski definition) is 1. The van der Waals surface area contributed by atoms with Crippen LogP contribution >= 0.6 is 0 Å². The number of carbonyl (C=O) groups is 1. The van der Waals surface area contributed by atoms with Crippen molar-refractivity contribution in [2.75, 3.05) is 25.0 Å². The molecular formula is C20H28N2O. The van der Waals surface area contributed by atoms with Crippen LogP contribution in [0, 0.1) is 0 Å². The first-order valence-electron chi connectivity index (χ1n) is 8.74. The van der Waals surface area contributed by atoms with Crippen molar-refractivity contribution in [1.29, 1.82) is 0 Å². The first-order valence-corrected chi connectivity index (χ1v) is 8.74. The van der Waals surface area contributed by atoms with Gasteiger partial charge in [-0.05, 0) is 37.4 Å². The lowest BCUT2D eigenvalue weighted by Crippen LogP contribution is -2.34. The van der Waals surface area contributed by atoms with E-state index in [4.69, 9.17) is 0 Å². The Labute approximate surface area is 139 Å². The minimum absolute atomic E-state index is 0.0774. The summed E-state index contributed by atoms with van der Waals surface area (Å²) in [5, 5.41) is 5.33. The molecule has 124 valence electrons. The van der Waals surface area contributed by atoms with Gasteiger partial charge in [0.05, 0.1) is 6.54 Å². The molecule has 0 saturated carbocycles. The molecule has 2 rings (SSSR count). The molecule has 0 aliphatic heterocycles. The Kier molecular flexibility index (Phi) is 7.08. The molecule has 0 radical (unpaired) electrons. The molecule has 0 atom stereocenters. The Balaban J connectivity index is 2.01. The summed E-state index contributed by atoms with van der Waals surface area (Å²) in [5.74, 6) is 0.0774. The van der Waals surface area contributed by atoms with Crippen molar-refractivity contribution in [3.63, 3.8) is 0 Å². The van der Waals surface area contributed by atoms with Crippen LogP contribution in [0.5, 0.6) is 0 Å². The van der Waals surface area contributed by atoms with Crippen LogP contribution in [-0.2, 0) is 4.79 Å². The van der Waals surface area contributed by atoms with Gasteiger partial charge < -0.3 is 5.32 Å². The van der Waals surface area contributed by atoms with Gasteiger partial charge in [-0.25, -0.2) is 0 Å². The molecule has 1 amide bonds. The standard InChI is InChI=1S/C20H28N2O/c1-3-5-14-22(15-6-4-2)16-20(23)21-19-13-9-11-17-10-7-8-12-18(17)19/h7-13H,3-6,14-16H2,1-2H3,(H,21,23). The van der Waals surface area contributed by atoms with E-state index in [0.717, 1.165) is 55.2 Å². The van der Waals surface area contributed by atoms with E-state index in [-0.39, 0.29) is 5.91 Å². The zero-order chi connectivity index (χ0) is 16.5. The van der Waals surface area contributed by atoms with Crippen LogP contribution < -0.4 is 5.32 Å². The molecule has 0 aromatic heterocycles. The molecule has 0 saturated heterocycles. The highest BCUT2D eigenvalue weighted by atomic mass is 16.2. The lowest BCUT2D eigenvalue weighted by Gasteiger charge is -2.21. The quantitative estimate of drug-likeness (QED) is 0.729. The van der Waals surface area contributed by atoms with E-state index in [2.05, 4.69) is 42.3 Å². The monoisotopic (exact) mass is 312 g/mol. The van der Waals surface area contributed by atoms with Gasteiger partial charge >= 0.3 is 0 Å². The van der Waals surface area contributed by atoms with Gasteiger partial charge in [-0.1, -0.05) is 63.1 Å². The predicted molar refractivity (Wildman–Crippen MR) is 98.8 cm³/mol. The third-order valence-electron chi connectivity index (χ3n) is 4.09. The van der Waals surface area contributed by atoms with Crippen molar-refractivity contribution in [3.8, 4) is 0 Å². The van der Waals surface area contributed by atoms with Crippen molar-refractivity contribution in [2.24, 2.45) is 0 Å². The number of rotatable bonds is 9. The van der Waals surface area contributed by atoms with E-state index in [1.165, 1.54) is 0 Å². The fourth-order valence-corrected chi connectivity index (χ4v) is 2.76. The van der Waals surface area contributed by atoms with Gasteiger partial charge in [-0.3, -0.25) is 9.69 Å². The molecule has 3 nitrogen and oxygen atoms in total. The average Bonchev–Trinajstić information content (AvgIpc) is 2.57. The number of unbranched alkanes of at least 4 members (excludes halogenated alkanes) is 2. The summed E-state index contributed by atoms with van der Waals surface area (Å²) in [6, 6.07) is 14.2. The highest BCUT2D eigenvalue weighted by Crippen LogP contribution is 2.22. The summed E-state index contributed by atoms with van der Waals surface area (Å²) in [4.78, 5) is 14.7. The second kappa shape index (κ2) is 9.31. The lowest BCUT2D eigenvalue weighted by atomic mass is 10.1. The van der Waals surface area contributed by atoms with Crippen molar-refractivity contribution < 1.29 is 4.79 Å². The van der Waals surface area contributed by atoms with Gasteiger partial charge in [0.15, 0.2) is 0 Å². The molecule has 0 aliphatic rings. The average molecular weight is 312 g/mol. The van der Waals surface area contributed by atoms with Gasteiger partial charge in [0.2, 0.25) is 5.91 Å². The van der Waals surface area contributed by atoms with Gasteiger partial charge in [-0.2, -0.15) is 0 Å². The van der Waals surface area contributed by atoms with Crippen LogP contribution in [-0.4, -0.2) is 30.4 Å². The molecule has 3 heteroatoms. The van der Waals surface area contributed by atoms with Gasteiger partial charge in [0, 0.05) is 11.1 Å². The van der Waals surface area contributed by atoms with Gasteiger partial charge in [0.25, 0.3) is 0 Å². The maximum atomic E-state index is 12.4. The number of nitrogens with zero attached hydrogens (tertiary/aromatic N) is 1. The first-order chi connectivity index (χ1) is 11.2. The van der Waals surface area contributed by atoms with Crippen molar-refractivity contribution >= 4 is 22.4 Å². The molecule has 0 aliphatic carbocycles. The molecular weight excluding hydrogens is 284 g/mol. The Bertz CT molecular complexity index is 611. The van der Waals surface area contributed by atoms with Crippen LogP contribution in [0.15, 0.2) is 42.5 Å². The number of amides is 1. The summed E-state index contributed by atoms with van der Waals surface area (Å²) in [6.07, 6.45) is 4.61. The minimum atomic E-state index is 0.0774. The fourth-order valence-electron chi connectivity index (χ4n) is 2.76. The highest BCUT2D eigenvalue weighted by molar-refractivity contribution is 6.02. The number of nitrogens with one attached hydrogen (secondary N) is 1. The molecule has 2 aromatic rings. The van der Waals surface area contributed by atoms with Crippen LogP contribution in [0.1, 0.15) is 39.5 Å². The van der Waals surface area contributed by atoms with E-state index in [9.17, 15) is 4.79 Å². The molecule has 0 spiro atoms. The van der Waals surface area contributed by atoms with Crippen molar-refractivity contribution in [2.45, 2.75) is 39.5 Å². The molecule has 2 aromatic carbocycles. The second-order valence-electron chi connectivity index (χ2n) is 6.06. The van der Waals surface area contributed by atoms with Gasteiger partial charge in [-0.15, -0.1) is 0 Å². The summed E-state index contributed by atoms with van der Waals surface area (Å²) >= 11 is 0. The van der Waals surface area contributed by atoms with Gasteiger partial charge in [0.1, 0.15) is 0 Å². The first kappa shape index (κ1) is 17.5. The predicted octanol–water partition coefficient (Wildman–Crippen LogP) is 4.68. The zero-order valence-electron chi connectivity index (χ0n) is 14.3. The zero-order valence-corrected chi connectivity index (χ0v) is 14.3. The van der Waals surface area contributed by atoms with Crippen LogP contribution in [0.4, 0.5) is 5.69 Å².